The van der Waals surface area contributed by atoms with Crippen LogP contribution >= 0.6 is 15.9 Å². The van der Waals surface area contributed by atoms with Crippen LogP contribution in [-0.4, -0.2) is 11.3 Å². The summed E-state index contributed by atoms with van der Waals surface area (Å²) in [4.78, 5) is 3.20. The van der Waals surface area contributed by atoms with Crippen LogP contribution in [0.25, 0.3) is 0 Å². The maximum absolute atomic E-state index is 12.5. The highest BCUT2D eigenvalue weighted by Crippen LogP contribution is 2.27. The average Bonchev–Trinajstić information content (AvgIpc) is 2.01. The Kier molecular flexibility index (Phi) is 3.30. The van der Waals surface area contributed by atoms with Crippen LogP contribution in [0.4, 0.5) is 17.6 Å². The minimum absolute atomic E-state index is 0.103. The SMILES string of the molecule is Fc1cc(OC(F)(F)F)c(CBr)cn1. The molecule has 78 valence electrons. The zero-order chi connectivity index (χ0) is 10.8. The van der Waals surface area contributed by atoms with E-state index in [1.165, 1.54) is 0 Å². The molecule has 0 amide bonds. The second-order valence-electron chi connectivity index (χ2n) is 2.30. The van der Waals surface area contributed by atoms with Crippen LogP contribution in [0, 0.1) is 5.95 Å². The smallest absolute Gasteiger partial charge is 0.405 e. The van der Waals surface area contributed by atoms with E-state index in [0.717, 1.165) is 6.20 Å². The molecule has 7 heteroatoms. The van der Waals surface area contributed by atoms with Crippen LogP contribution in [0.1, 0.15) is 5.56 Å². The molecule has 1 rings (SSSR count). The molecule has 0 aromatic carbocycles. The Hall–Kier alpha value is -0.850. The van der Waals surface area contributed by atoms with Gasteiger partial charge in [-0.05, 0) is 0 Å². The van der Waals surface area contributed by atoms with Gasteiger partial charge in [0.1, 0.15) is 5.75 Å². The van der Waals surface area contributed by atoms with Crippen molar-refractivity contribution in [2.45, 2.75) is 11.7 Å². The lowest BCUT2D eigenvalue weighted by Gasteiger charge is -2.11. The molecule has 0 unspecified atom stereocenters. The molecule has 14 heavy (non-hydrogen) atoms. The fraction of sp³-hybridized carbons (Fsp3) is 0.286. The van der Waals surface area contributed by atoms with E-state index >= 15 is 0 Å². The number of hydrogen-bond donors (Lipinski definition) is 0. The van der Waals surface area contributed by atoms with Gasteiger partial charge < -0.3 is 4.74 Å². The number of aromatic nitrogens is 1. The Morgan fingerprint density at radius 3 is 2.57 bits per heavy atom. The van der Waals surface area contributed by atoms with Crippen LogP contribution in [0.2, 0.25) is 0 Å². The zero-order valence-electron chi connectivity index (χ0n) is 6.61. The number of hydrogen-bond acceptors (Lipinski definition) is 2. The lowest BCUT2D eigenvalue weighted by Crippen LogP contribution is -2.18. The molecule has 0 aliphatic heterocycles. The van der Waals surface area contributed by atoms with Gasteiger partial charge in [-0.15, -0.1) is 13.2 Å². The Morgan fingerprint density at radius 2 is 2.07 bits per heavy atom. The molecule has 2 nitrogen and oxygen atoms in total. The summed E-state index contributed by atoms with van der Waals surface area (Å²) in [6.07, 6.45) is -3.85. The van der Waals surface area contributed by atoms with Gasteiger partial charge in [0.15, 0.2) is 0 Å². The molecule has 0 aliphatic rings. The largest absolute Gasteiger partial charge is 0.573 e. The third-order valence-electron chi connectivity index (χ3n) is 1.28. The third kappa shape index (κ3) is 3.13. The van der Waals surface area contributed by atoms with Gasteiger partial charge in [-0.1, -0.05) is 15.9 Å². The highest BCUT2D eigenvalue weighted by molar-refractivity contribution is 9.08. The van der Waals surface area contributed by atoms with Crippen molar-refractivity contribution in [2.75, 3.05) is 0 Å². The third-order valence-corrected chi connectivity index (χ3v) is 1.88. The van der Waals surface area contributed by atoms with E-state index in [1.807, 2.05) is 0 Å². The van der Waals surface area contributed by atoms with Gasteiger partial charge in [-0.2, -0.15) is 4.39 Å². The number of pyridine rings is 1. The summed E-state index contributed by atoms with van der Waals surface area (Å²) in [7, 11) is 0. The molecule has 0 saturated heterocycles. The standard InChI is InChI=1S/C7H4BrF4NO/c8-2-4-3-13-6(9)1-5(4)14-7(10,11)12/h1,3H,2H2. The Bertz CT molecular complexity index is 328. The van der Waals surface area contributed by atoms with Crippen molar-refractivity contribution in [3.05, 3.63) is 23.8 Å². The quantitative estimate of drug-likeness (QED) is 0.470. The minimum Gasteiger partial charge on any atom is -0.405 e. The maximum atomic E-state index is 12.5. The monoisotopic (exact) mass is 273 g/mol. The lowest BCUT2D eigenvalue weighted by molar-refractivity contribution is -0.274. The van der Waals surface area contributed by atoms with Gasteiger partial charge in [-0.3, -0.25) is 0 Å². The maximum Gasteiger partial charge on any atom is 0.573 e. The van der Waals surface area contributed by atoms with Gasteiger partial charge in [0, 0.05) is 23.2 Å². The molecule has 0 spiro atoms. The first-order valence-electron chi connectivity index (χ1n) is 3.38. The highest BCUT2D eigenvalue weighted by Gasteiger charge is 2.32. The van der Waals surface area contributed by atoms with Gasteiger partial charge in [-0.25, -0.2) is 4.98 Å². The number of rotatable bonds is 2. The van der Waals surface area contributed by atoms with E-state index in [4.69, 9.17) is 0 Å². The molecule has 0 radical (unpaired) electrons. The summed E-state index contributed by atoms with van der Waals surface area (Å²) in [6, 6.07) is 0.587. The molecule has 1 heterocycles. The zero-order valence-corrected chi connectivity index (χ0v) is 8.19. The molecule has 1 aromatic rings. The second kappa shape index (κ2) is 4.12. The molecular weight excluding hydrogens is 270 g/mol. The molecule has 0 N–H and O–H groups in total. The molecule has 0 saturated carbocycles. The van der Waals surface area contributed by atoms with Gasteiger partial charge in [0.05, 0.1) is 0 Å². The molecule has 1 aromatic heterocycles. The van der Waals surface area contributed by atoms with Gasteiger partial charge in [0.25, 0.3) is 0 Å². The summed E-state index contributed by atoms with van der Waals surface area (Å²) in [5.41, 5.74) is 0.128. The van der Waals surface area contributed by atoms with E-state index in [1.54, 1.807) is 0 Å². The van der Waals surface area contributed by atoms with Crippen molar-refractivity contribution in [3.63, 3.8) is 0 Å². The van der Waals surface area contributed by atoms with E-state index in [2.05, 4.69) is 25.7 Å². The average molecular weight is 274 g/mol. The summed E-state index contributed by atoms with van der Waals surface area (Å²) in [6.45, 7) is 0. The van der Waals surface area contributed by atoms with Crippen LogP contribution in [0.3, 0.4) is 0 Å². The van der Waals surface area contributed by atoms with E-state index in [0.29, 0.717) is 6.07 Å². The second-order valence-corrected chi connectivity index (χ2v) is 2.86. The van der Waals surface area contributed by atoms with Crippen LogP contribution in [-0.2, 0) is 5.33 Å². The van der Waals surface area contributed by atoms with Crippen molar-refractivity contribution in [2.24, 2.45) is 0 Å². The summed E-state index contributed by atoms with van der Waals surface area (Å²) in [5.74, 6) is -1.60. The number of ether oxygens (including phenoxy) is 1. The summed E-state index contributed by atoms with van der Waals surface area (Å²) >= 11 is 2.93. The highest BCUT2D eigenvalue weighted by atomic mass is 79.9. The predicted molar refractivity (Wildman–Crippen MR) is 43.5 cm³/mol. The van der Waals surface area contributed by atoms with E-state index in [9.17, 15) is 17.6 Å². The molecule has 0 fully saturated rings. The Balaban J connectivity index is 2.99. The van der Waals surface area contributed by atoms with Crippen molar-refractivity contribution in [3.8, 4) is 5.75 Å². The van der Waals surface area contributed by atoms with Gasteiger partial charge >= 0.3 is 6.36 Å². The number of halogens is 5. The minimum atomic E-state index is -4.83. The van der Waals surface area contributed by atoms with E-state index < -0.39 is 18.1 Å². The molecule has 0 bridgehead atoms. The predicted octanol–water partition coefficient (Wildman–Crippen LogP) is 3.01. The first kappa shape index (κ1) is 11.2. The summed E-state index contributed by atoms with van der Waals surface area (Å²) < 4.78 is 51.5. The number of alkyl halides is 4. The first-order chi connectivity index (χ1) is 6.42. The first-order valence-corrected chi connectivity index (χ1v) is 4.50. The number of nitrogens with zero attached hydrogens (tertiary/aromatic N) is 1. The van der Waals surface area contributed by atoms with E-state index in [-0.39, 0.29) is 10.9 Å². The Labute approximate surface area is 85.0 Å². The van der Waals surface area contributed by atoms with Crippen molar-refractivity contribution in [1.82, 2.24) is 4.98 Å². The lowest BCUT2D eigenvalue weighted by atomic mass is 10.3. The van der Waals surface area contributed by atoms with Gasteiger partial charge in [0.2, 0.25) is 5.95 Å². The van der Waals surface area contributed by atoms with Crippen molar-refractivity contribution < 1.29 is 22.3 Å². The molecule has 0 aliphatic carbocycles. The van der Waals surface area contributed by atoms with Crippen LogP contribution < -0.4 is 4.74 Å². The van der Waals surface area contributed by atoms with Crippen LogP contribution in [0.5, 0.6) is 5.75 Å². The molecule has 0 atom stereocenters. The molecular formula is C7H4BrF4NO. The fourth-order valence-electron chi connectivity index (χ4n) is 0.761. The summed E-state index contributed by atoms with van der Waals surface area (Å²) in [5, 5.41) is 0.103. The van der Waals surface area contributed by atoms with Crippen molar-refractivity contribution >= 4 is 15.9 Å². The normalized spacial score (nSPS) is 11.5. The van der Waals surface area contributed by atoms with Crippen LogP contribution in [0.15, 0.2) is 12.3 Å². The topological polar surface area (TPSA) is 22.1 Å². The van der Waals surface area contributed by atoms with Crippen molar-refractivity contribution in [1.29, 1.82) is 0 Å². The Morgan fingerprint density at radius 1 is 1.43 bits per heavy atom. The fourth-order valence-corrected chi connectivity index (χ4v) is 1.18.